The summed E-state index contributed by atoms with van der Waals surface area (Å²) in [4.78, 5) is 45.9. The zero-order valence-electron chi connectivity index (χ0n) is 28.9. The molecule has 2 aromatic carbocycles. The number of amides is 2. The predicted molar refractivity (Wildman–Crippen MR) is 187 cm³/mol. The Bertz CT molecular complexity index is 1720. The van der Waals surface area contributed by atoms with E-state index < -0.39 is 5.60 Å². The van der Waals surface area contributed by atoms with Crippen LogP contribution in [0.4, 0.5) is 9.59 Å². The van der Waals surface area contributed by atoms with Gasteiger partial charge in [-0.05, 0) is 89.2 Å². The molecule has 4 heterocycles. The Labute approximate surface area is 288 Å². The van der Waals surface area contributed by atoms with Gasteiger partial charge in [0.25, 0.3) is 0 Å². The number of aromatic nitrogens is 4. The topological polar surface area (TPSA) is 116 Å². The molecule has 1 saturated carbocycles. The molecule has 2 atom stereocenters. The van der Waals surface area contributed by atoms with Crippen molar-refractivity contribution in [3.63, 3.8) is 0 Å². The molecule has 258 valence electrons. The molecule has 0 bridgehead atoms. The molecule has 2 saturated heterocycles. The van der Waals surface area contributed by atoms with Gasteiger partial charge in [-0.2, -0.15) is 0 Å². The van der Waals surface area contributed by atoms with Crippen LogP contribution >= 0.6 is 0 Å². The van der Waals surface area contributed by atoms with E-state index in [0.29, 0.717) is 24.9 Å². The van der Waals surface area contributed by atoms with E-state index in [1.807, 2.05) is 73.3 Å². The summed E-state index contributed by atoms with van der Waals surface area (Å²) in [7, 11) is 0. The van der Waals surface area contributed by atoms with Crippen LogP contribution in [0.2, 0.25) is 0 Å². The maximum absolute atomic E-state index is 12.9. The molecule has 10 nitrogen and oxygen atoms in total. The highest BCUT2D eigenvalue weighted by Crippen LogP contribution is 2.41. The summed E-state index contributed by atoms with van der Waals surface area (Å²) in [5, 5.41) is 0. The summed E-state index contributed by atoms with van der Waals surface area (Å²) < 4.78 is 11.3. The first-order chi connectivity index (χ1) is 23.7. The van der Waals surface area contributed by atoms with E-state index in [4.69, 9.17) is 19.4 Å². The van der Waals surface area contributed by atoms with Gasteiger partial charge in [0, 0.05) is 36.5 Å². The van der Waals surface area contributed by atoms with Crippen LogP contribution in [0.25, 0.3) is 11.4 Å². The van der Waals surface area contributed by atoms with Crippen molar-refractivity contribution in [1.29, 1.82) is 0 Å². The van der Waals surface area contributed by atoms with Crippen molar-refractivity contribution in [1.82, 2.24) is 29.7 Å². The minimum atomic E-state index is -0.515. The summed E-state index contributed by atoms with van der Waals surface area (Å²) in [5.74, 6) is 2.66. The van der Waals surface area contributed by atoms with Crippen LogP contribution < -0.4 is 0 Å². The smallest absolute Gasteiger partial charge is 0.410 e. The highest BCUT2D eigenvalue weighted by Gasteiger charge is 2.36. The van der Waals surface area contributed by atoms with Crippen LogP contribution in [0, 0.1) is 0 Å². The largest absolute Gasteiger partial charge is 0.445 e. The van der Waals surface area contributed by atoms with Crippen LogP contribution in [0.1, 0.15) is 124 Å². The highest BCUT2D eigenvalue weighted by atomic mass is 16.6. The number of aromatic amines is 2. The Balaban J connectivity index is 0.924. The van der Waals surface area contributed by atoms with E-state index in [2.05, 4.69) is 34.2 Å². The van der Waals surface area contributed by atoms with Crippen molar-refractivity contribution in [2.45, 2.75) is 108 Å². The highest BCUT2D eigenvalue weighted by molar-refractivity contribution is 5.69. The van der Waals surface area contributed by atoms with E-state index >= 15 is 0 Å². The van der Waals surface area contributed by atoms with Crippen molar-refractivity contribution in [3.05, 3.63) is 95.3 Å². The minimum absolute atomic E-state index is 0.0535. The number of rotatable bonds is 7. The van der Waals surface area contributed by atoms with Gasteiger partial charge in [0.1, 0.15) is 23.9 Å². The lowest BCUT2D eigenvalue weighted by atomic mass is 9.77. The molecule has 7 rings (SSSR count). The lowest BCUT2D eigenvalue weighted by Gasteiger charge is -2.29. The van der Waals surface area contributed by atoms with Gasteiger partial charge >= 0.3 is 12.2 Å². The monoisotopic (exact) mass is 664 g/mol. The maximum atomic E-state index is 12.9. The fraction of sp³-hybridized carbons (Fsp3) is 0.487. The molecule has 3 aliphatic rings. The number of ether oxygens (including phenoxy) is 2. The van der Waals surface area contributed by atoms with E-state index in [1.165, 1.54) is 11.3 Å². The van der Waals surface area contributed by atoms with Crippen LogP contribution in [0.5, 0.6) is 0 Å². The van der Waals surface area contributed by atoms with Crippen molar-refractivity contribution < 1.29 is 19.1 Å². The summed E-state index contributed by atoms with van der Waals surface area (Å²) in [6, 6.07) is 18.5. The first-order valence-corrected chi connectivity index (χ1v) is 17.9. The lowest BCUT2D eigenvalue weighted by molar-refractivity contribution is 0.0218. The molecule has 2 aromatic heterocycles. The van der Waals surface area contributed by atoms with Gasteiger partial charge in [-0.1, -0.05) is 54.6 Å². The quantitative estimate of drug-likeness (QED) is 0.204. The number of benzene rings is 2. The second-order valence-electron chi connectivity index (χ2n) is 14.8. The average Bonchev–Trinajstić information content (AvgIpc) is 3.93. The number of likely N-dealkylation sites (tertiary alicyclic amines) is 2. The third-order valence-corrected chi connectivity index (χ3v) is 10.3. The Kier molecular flexibility index (Phi) is 9.47. The van der Waals surface area contributed by atoms with E-state index in [-0.39, 0.29) is 30.9 Å². The molecule has 0 radical (unpaired) electrons. The molecular weight excluding hydrogens is 616 g/mol. The van der Waals surface area contributed by atoms with Crippen molar-refractivity contribution in [3.8, 4) is 11.4 Å². The zero-order valence-corrected chi connectivity index (χ0v) is 28.9. The number of hydrogen-bond acceptors (Lipinski definition) is 6. The van der Waals surface area contributed by atoms with Crippen molar-refractivity contribution >= 4 is 12.2 Å². The van der Waals surface area contributed by atoms with Gasteiger partial charge < -0.3 is 19.4 Å². The zero-order chi connectivity index (χ0) is 34.0. The summed E-state index contributed by atoms with van der Waals surface area (Å²) in [6.07, 6.45) is 11.4. The third kappa shape index (κ3) is 7.53. The molecule has 2 amide bonds. The molecule has 2 N–H and O–H groups in total. The number of carbonyl (C=O) groups excluding carboxylic acids is 2. The van der Waals surface area contributed by atoms with E-state index in [0.717, 1.165) is 79.8 Å². The standard InChI is InChI=1S/C39H48N6O4/c1-39(2,3)49-38(47)45-22-8-12-34(45)36-41-23-31(42-36)29-17-13-27(14-18-29)28-15-19-30(20-16-28)35-40-24-32(43-35)33-11-7-21-44(33)37(46)48-25-26-9-5-4-6-10-26/h4-6,9-10,15-16,19-20,23-24,27,29,33-34H,7-8,11-14,17-18,21-22,25H2,1-3H3,(H,40,43)(H,41,42)/t27?,29?,33-,34-/m1/s1. The van der Waals surface area contributed by atoms with Gasteiger partial charge in [-0.25, -0.2) is 19.6 Å². The minimum Gasteiger partial charge on any atom is -0.445 e. The first-order valence-electron chi connectivity index (χ1n) is 17.9. The van der Waals surface area contributed by atoms with E-state index in [9.17, 15) is 9.59 Å². The number of nitrogens with one attached hydrogen (secondary N) is 2. The Hall–Kier alpha value is -4.60. The van der Waals surface area contributed by atoms with Crippen LogP contribution in [0.3, 0.4) is 0 Å². The van der Waals surface area contributed by atoms with Crippen LogP contribution in [-0.4, -0.2) is 60.6 Å². The first kappa shape index (κ1) is 32.9. The number of nitrogens with zero attached hydrogens (tertiary/aromatic N) is 4. The fourth-order valence-corrected chi connectivity index (χ4v) is 7.73. The normalized spacial score (nSPS) is 22.8. The fourth-order valence-electron chi connectivity index (χ4n) is 7.73. The number of imidazole rings is 2. The molecule has 2 aliphatic heterocycles. The molecule has 0 unspecified atom stereocenters. The summed E-state index contributed by atoms with van der Waals surface area (Å²) >= 11 is 0. The SMILES string of the molecule is CC(C)(C)OC(=O)N1CCC[C@@H]1c1ncc(C2CCC(c3ccc(-c4ncc([C@H]5CCCN5C(=O)OCc5ccccc5)[nH]4)cc3)CC2)[nH]1. The maximum Gasteiger partial charge on any atom is 0.410 e. The number of H-pyrrole nitrogens is 2. The molecular formula is C39H48N6O4. The second-order valence-corrected chi connectivity index (χ2v) is 14.8. The van der Waals surface area contributed by atoms with Gasteiger partial charge in [0.05, 0.1) is 24.0 Å². The van der Waals surface area contributed by atoms with Crippen molar-refractivity contribution in [2.24, 2.45) is 0 Å². The van der Waals surface area contributed by atoms with E-state index in [1.54, 1.807) is 0 Å². The van der Waals surface area contributed by atoms with Crippen LogP contribution in [-0.2, 0) is 16.1 Å². The van der Waals surface area contributed by atoms with Gasteiger partial charge in [0.2, 0.25) is 0 Å². The van der Waals surface area contributed by atoms with Gasteiger partial charge in [0.15, 0.2) is 0 Å². The molecule has 1 aliphatic carbocycles. The summed E-state index contributed by atoms with van der Waals surface area (Å²) in [5.41, 5.74) is 4.99. The van der Waals surface area contributed by atoms with Crippen molar-refractivity contribution in [2.75, 3.05) is 13.1 Å². The Morgan fingerprint density at radius 2 is 1.41 bits per heavy atom. The molecule has 4 aromatic rings. The second kappa shape index (κ2) is 14.1. The van der Waals surface area contributed by atoms with Gasteiger partial charge in [-0.3, -0.25) is 9.80 Å². The molecule has 49 heavy (non-hydrogen) atoms. The summed E-state index contributed by atoms with van der Waals surface area (Å²) in [6.45, 7) is 7.36. The van der Waals surface area contributed by atoms with Gasteiger partial charge in [-0.15, -0.1) is 0 Å². The van der Waals surface area contributed by atoms with Crippen LogP contribution in [0.15, 0.2) is 67.0 Å². The molecule has 3 fully saturated rings. The molecule has 0 spiro atoms. The number of hydrogen-bond donors (Lipinski definition) is 2. The molecule has 10 heteroatoms. The predicted octanol–water partition coefficient (Wildman–Crippen LogP) is 8.79. The Morgan fingerprint density at radius 1 is 0.755 bits per heavy atom. The number of carbonyl (C=O) groups is 2. The third-order valence-electron chi connectivity index (χ3n) is 10.3. The lowest BCUT2D eigenvalue weighted by Crippen LogP contribution is -2.36. The Morgan fingerprint density at radius 3 is 2.12 bits per heavy atom. The average molecular weight is 665 g/mol.